The number of benzene rings is 2. The summed E-state index contributed by atoms with van der Waals surface area (Å²) >= 11 is 0. The molecule has 1 aliphatic rings. The number of hydrogen-bond donors (Lipinski definition) is 0. The lowest BCUT2D eigenvalue weighted by Crippen LogP contribution is -2.27. The molecule has 7 heteroatoms. The summed E-state index contributed by atoms with van der Waals surface area (Å²) in [6.45, 7) is -0.0434. The van der Waals surface area contributed by atoms with Crippen LogP contribution in [0.25, 0.3) is 5.57 Å². The monoisotopic (exact) mass is 361 g/mol. The molecule has 0 radical (unpaired) electrons. The van der Waals surface area contributed by atoms with Crippen LogP contribution >= 0.6 is 0 Å². The van der Waals surface area contributed by atoms with E-state index in [0.29, 0.717) is 5.56 Å². The minimum Gasteiger partial charge on any atom is -0.466 e. The lowest BCUT2D eigenvalue weighted by molar-refractivity contribution is -0.137. The average Bonchev–Trinajstić information content (AvgIpc) is 2.87. The predicted molar refractivity (Wildman–Crippen MR) is 89.1 cm³/mol. The maximum absolute atomic E-state index is 13.5. The topological polar surface area (TPSA) is 46.6 Å². The minimum absolute atomic E-state index is 0.0434. The van der Waals surface area contributed by atoms with Gasteiger partial charge < -0.3 is 9.64 Å². The van der Waals surface area contributed by atoms with Gasteiger partial charge >= 0.3 is 12.1 Å². The predicted octanol–water partition coefficient (Wildman–Crippen LogP) is 3.81. The summed E-state index contributed by atoms with van der Waals surface area (Å²) in [6.07, 6.45) is -3.71. The van der Waals surface area contributed by atoms with Crippen LogP contribution in [0.4, 0.5) is 18.9 Å². The summed E-state index contributed by atoms with van der Waals surface area (Å²) < 4.78 is 45.0. The Morgan fingerprint density at radius 1 is 1.12 bits per heavy atom. The van der Waals surface area contributed by atoms with E-state index in [9.17, 15) is 22.8 Å². The number of carbonyl (C=O) groups excluding carboxylic acids is 2. The Bertz CT molecular complexity index is 889. The van der Waals surface area contributed by atoms with Gasteiger partial charge in [0.15, 0.2) is 0 Å². The molecular weight excluding hydrogens is 347 g/mol. The van der Waals surface area contributed by atoms with E-state index >= 15 is 0 Å². The summed E-state index contributed by atoms with van der Waals surface area (Å²) in [5.41, 5.74) is -0.556. The van der Waals surface area contributed by atoms with Gasteiger partial charge in [-0.2, -0.15) is 13.2 Å². The molecule has 0 bridgehead atoms. The summed E-state index contributed by atoms with van der Waals surface area (Å²) in [4.78, 5) is 25.4. The van der Waals surface area contributed by atoms with Crippen LogP contribution in [0.5, 0.6) is 0 Å². The van der Waals surface area contributed by atoms with Gasteiger partial charge in [-0.15, -0.1) is 0 Å². The molecular formula is C19H14F3NO3. The highest BCUT2D eigenvalue weighted by atomic mass is 19.4. The van der Waals surface area contributed by atoms with E-state index in [2.05, 4.69) is 4.74 Å². The number of rotatable bonds is 3. The van der Waals surface area contributed by atoms with Crippen molar-refractivity contribution in [3.8, 4) is 0 Å². The molecule has 134 valence electrons. The summed E-state index contributed by atoms with van der Waals surface area (Å²) in [5.74, 6) is -1.48. The van der Waals surface area contributed by atoms with Crippen molar-refractivity contribution in [3.05, 3.63) is 71.3 Å². The molecule has 0 aliphatic carbocycles. The molecule has 0 N–H and O–H groups in total. The lowest BCUT2D eigenvalue weighted by atomic mass is 10.0. The van der Waals surface area contributed by atoms with E-state index in [4.69, 9.17) is 0 Å². The van der Waals surface area contributed by atoms with Crippen LogP contribution in [0.15, 0.2) is 54.6 Å². The van der Waals surface area contributed by atoms with E-state index in [-0.39, 0.29) is 23.4 Å². The molecule has 2 aromatic carbocycles. The normalized spacial score (nSPS) is 15.3. The first-order valence-electron chi connectivity index (χ1n) is 7.69. The third-order valence-electron chi connectivity index (χ3n) is 4.02. The Morgan fingerprint density at radius 3 is 2.42 bits per heavy atom. The first-order chi connectivity index (χ1) is 12.3. The Hall–Kier alpha value is -3.09. The van der Waals surface area contributed by atoms with Crippen molar-refractivity contribution in [2.24, 2.45) is 0 Å². The van der Waals surface area contributed by atoms with Crippen molar-refractivity contribution >= 4 is 23.1 Å². The number of ether oxygens (including phenoxy) is 1. The van der Waals surface area contributed by atoms with Gasteiger partial charge in [0.2, 0.25) is 0 Å². The van der Waals surface area contributed by atoms with Crippen molar-refractivity contribution in [1.29, 1.82) is 0 Å². The van der Waals surface area contributed by atoms with Crippen molar-refractivity contribution in [2.45, 2.75) is 12.7 Å². The van der Waals surface area contributed by atoms with Crippen LogP contribution < -0.4 is 4.90 Å². The fourth-order valence-corrected chi connectivity index (χ4v) is 2.88. The molecule has 0 unspecified atom stereocenters. The second-order valence-corrected chi connectivity index (χ2v) is 5.66. The molecule has 1 amide bonds. The van der Waals surface area contributed by atoms with Crippen molar-refractivity contribution in [2.75, 3.05) is 12.0 Å². The molecule has 26 heavy (non-hydrogen) atoms. The standard InChI is InChI=1S/C19H14F3NO3/c1-26-16(24)10-14-13-8-5-9-15(19(20,21)22)17(13)23(18(14)25)11-12-6-3-2-4-7-12/h2-10H,11H2,1H3/b14-10-. The molecule has 4 nitrogen and oxygen atoms in total. The number of halogens is 3. The zero-order chi connectivity index (χ0) is 18.9. The number of hydrogen-bond acceptors (Lipinski definition) is 3. The smallest absolute Gasteiger partial charge is 0.418 e. The molecule has 3 rings (SSSR count). The van der Waals surface area contributed by atoms with E-state index in [1.165, 1.54) is 12.1 Å². The summed E-state index contributed by atoms with van der Waals surface area (Å²) in [5, 5.41) is 0. The van der Waals surface area contributed by atoms with Crippen LogP contribution in [-0.4, -0.2) is 19.0 Å². The molecule has 0 atom stereocenters. The second kappa shape index (κ2) is 6.67. The Morgan fingerprint density at radius 2 is 1.81 bits per heavy atom. The quantitative estimate of drug-likeness (QED) is 0.617. The highest BCUT2D eigenvalue weighted by Crippen LogP contribution is 2.46. The number of esters is 1. The SMILES string of the molecule is COC(=O)/C=C1\C(=O)N(Cc2ccccc2)c2c1cccc2C(F)(F)F. The lowest BCUT2D eigenvalue weighted by Gasteiger charge is -2.21. The van der Waals surface area contributed by atoms with Crippen molar-refractivity contribution in [3.63, 3.8) is 0 Å². The molecule has 1 aliphatic heterocycles. The largest absolute Gasteiger partial charge is 0.466 e. The van der Waals surface area contributed by atoms with Gasteiger partial charge in [-0.25, -0.2) is 4.79 Å². The molecule has 2 aromatic rings. The van der Waals surface area contributed by atoms with Gasteiger partial charge in [-0.05, 0) is 11.6 Å². The van der Waals surface area contributed by atoms with E-state index in [1.807, 2.05) is 0 Å². The van der Waals surface area contributed by atoms with Crippen LogP contribution in [0.2, 0.25) is 0 Å². The van der Waals surface area contributed by atoms with Crippen LogP contribution in [0, 0.1) is 0 Å². The Balaban J connectivity index is 2.17. The number of alkyl halides is 3. The minimum atomic E-state index is -4.64. The van der Waals surface area contributed by atoms with Crippen molar-refractivity contribution < 1.29 is 27.5 Å². The maximum Gasteiger partial charge on any atom is 0.418 e. The molecule has 0 saturated heterocycles. The molecule has 1 heterocycles. The summed E-state index contributed by atoms with van der Waals surface area (Å²) in [6, 6.07) is 12.2. The number of para-hydroxylation sites is 1. The highest BCUT2D eigenvalue weighted by molar-refractivity contribution is 6.34. The average molecular weight is 361 g/mol. The first kappa shape index (κ1) is 17.7. The van der Waals surface area contributed by atoms with E-state index < -0.39 is 23.6 Å². The number of anilines is 1. The van der Waals surface area contributed by atoms with Gasteiger partial charge in [-0.1, -0.05) is 42.5 Å². The first-order valence-corrected chi connectivity index (χ1v) is 7.69. The number of nitrogens with zero attached hydrogens (tertiary/aromatic N) is 1. The second-order valence-electron chi connectivity index (χ2n) is 5.66. The third kappa shape index (κ3) is 3.20. The Kier molecular flexibility index (Phi) is 4.54. The fraction of sp³-hybridized carbons (Fsp3) is 0.158. The van der Waals surface area contributed by atoms with Gasteiger partial charge in [0.05, 0.1) is 30.5 Å². The van der Waals surface area contributed by atoms with E-state index in [0.717, 1.165) is 24.2 Å². The van der Waals surface area contributed by atoms with Crippen LogP contribution in [0.3, 0.4) is 0 Å². The van der Waals surface area contributed by atoms with Crippen molar-refractivity contribution in [1.82, 2.24) is 0 Å². The fourth-order valence-electron chi connectivity index (χ4n) is 2.88. The summed E-state index contributed by atoms with van der Waals surface area (Å²) in [7, 11) is 1.13. The number of fused-ring (bicyclic) bond motifs is 1. The molecule has 0 spiro atoms. The third-order valence-corrected chi connectivity index (χ3v) is 4.02. The highest BCUT2D eigenvalue weighted by Gasteiger charge is 2.42. The molecule has 0 fully saturated rings. The van der Waals surface area contributed by atoms with Gasteiger partial charge in [0.25, 0.3) is 5.91 Å². The number of carbonyl (C=O) groups is 2. The number of amides is 1. The van der Waals surface area contributed by atoms with Crippen LogP contribution in [0.1, 0.15) is 16.7 Å². The van der Waals surface area contributed by atoms with E-state index in [1.54, 1.807) is 30.3 Å². The zero-order valence-electron chi connectivity index (χ0n) is 13.7. The van der Waals surface area contributed by atoms with Crippen LogP contribution in [-0.2, 0) is 27.0 Å². The molecule has 0 aromatic heterocycles. The molecule has 0 saturated carbocycles. The van der Waals surface area contributed by atoms with Gasteiger partial charge in [-0.3, -0.25) is 4.79 Å². The van der Waals surface area contributed by atoms with Gasteiger partial charge in [0, 0.05) is 11.6 Å². The number of methoxy groups -OCH3 is 1. The maximum atomic E-state index is 13.5. The van der Waals surface area contributed by atoms with Gasteiger partial charge in [0.1, 0.15) is 0 Å². The zero-order valence-corrected chi connectivity index (χ0v) is 13.7. The Labute approximate surface area is 147 Å².